The zero-order valence-corrected chi connectivity index (χ0v) is 16.9. The van der Waals surface area contributed by atoms with E-state index in [-0.39, 0.29) is 5.97 Å². The number of carbonyl (C=O) groups excluding carboxylic acids is 1. The molecule has 0 bridgehead atoms. The second kappa shape index (κ2) is 9.37. The number of benzene rings is 3. The number of aromatic amines is 1. The molecule has 1 N–H and O–H groups in total. The molecule has 5 nitrogen and oxygen atoms in total. The number of ether oxygens (including phenoxy) is 2. The van der Waals surface area contributed by atoms with Gasteiger partial charge in [0.25, 0.3) is 0 Å². The summed E-state index contributed by atoms with van der Waals surface area (Å²) in [5, 5.41) is 0. The molecule has 5 heteroatoms. The molecule has 0 aliphatic heterocycles. The number of H-pyrrole nitrogens is 1. The summed E-state index contributed by atoms with van der Waals surface area (Å²) < 4.78 is 10.8. The highest BCUT2D eigenvalue weighted by Crippen LogP contribution is 2.20. The second-order valence-corrected chi connectivity index (χ2v) is 7.12. The maximum atomic E-state index is 11.9. The lowest BCUT2D eigenvalue weighted by Crippen LogP contribution is -2.06. The summed E-state index contributed by atoms with van der Waals surface area (Å²) in [6.07, 6.45) is 1.79. The fraction of sp³-hybridized carbons (Fsp3) is 0.200. The van der Waals surface area contributed by atoms with Crippen molar-refractivity contribution in [3.05, 3.63) is 101 Å². The lowest BCUT2D eigenvalue weighted by Gasteiger charge is -2.09. The minimum Gasteiger partial charge on any atom is -0.465 e. The van der Waals surface area contributed by atoms with E-state index in [9.17, 15) is 4.79 Å². The number of fused-ring (bicyclic) bond motifs is 1. The van der Waals surface area contributed by atoms with E-state index in [0.29, 0.717) is 18.8 Å². The molecule has 0 saturated carbocycles. The number of hydrogen-bond acceptors (Lipinski definition) is 4. The Hall–Kier alpha value is -3.44. The van der Waals surface area contributed by atoms with Crippen LogP contribution in [0.4, 0.5) is 0 Å². The lowest BCUT2D eigenvalue weighted by atomic mass is 10.1. The molecule has 0 amide bonds. The summed E-state index contributed by atoms with van der Waals surface area (Å²) in [6, 6.07) is 23.8. The van der Waals surface area contributed by atoms with Gasteiger partial charge in [0.05, 0.1) is 36.9 Å². The van der Waals surface area contributed by atoms with Crippen molar-refractivity contribution in [1.82, 2.24) is 9.97 Å². The Bertz CT molecular complexity index is 1140. The van der Waals surface area contributed by atoms with Crippen molar-refractivity contribution < 1.29 is 14.3 Å². The van der Waals surface area contributed by atoms with Gasteiger partial charge in [-0.25, -0.2) is 9.78 Å². The Morgan fingerprint density at radius 1 is 0.867 bits per heavy atom. The molecule has 0 fully saturated rings. The number of nitrogens with zero attached hydrogens (tertiary/aromatic N) is 1. The Balaban J connectivity index is 1.43. The third-order valence-electron chi connectivity index (χ3n) is 5.08. The van der Waals surface area contributed by atoms with E-state index in [2.05, 4.69) is 29.2 Å². The van der Waals surface area contributed by atoms with Crippen LogP contribution in [0.25, 0.3) is 11.0 Å². The number of aromatic nitrogens is 2. The van der Waals surface area contributed by atoms with Crippen molar-refractivity contribution in [2.24, 2.45) is 0 Å². The van der Waals surface area contributed by atoms with E-state index in [4.69, 9.17) is 14.5 Å². The lowest BCUT2D eigenvalue weighted by molar-refractivity contribution is 0.0590. The van der Waals surface area contributed by atoms with Crippen LogP contribution in [-0.2, 0) is 35.5 Å². The molecule has 0 aliphatic rings. The average Bonchev–Trinajstić information content (AvgIpc) is 3.22. The summed E-state index contributed by atoms with van der Waals surface area (Å²) >= 11 is 0. The predicted molar refractivity (Wildman–Crippen MR) is 116 cm³/mol. The Kier molecular flexibility index (Phi) is 6.20. The fourth-order valence-corrected chi connectivity index (χ4v) is 3.51. The number of para-hydroxylation sites is 1. The number of carbonyl (C=O) groups is 1. The van der Waals surface area contributed by atoms with Gasteiger partial charge in [-0.05, 0) is 29.7 Å². The van der Waals surface area contributed by atoms with Crippen LogP contribution in [0.2, 0.25) is 0 Å². The van der Waals surface area contributed by atoms with Gasteiger partial charge in [-0.3, -0.25) is 0 Å². The summed E-state index contributed by atoms with van der Waals surface area (Å²) in [4.78, 5) is 20.1. The molecular weight excluding hydrogens is 376 g/mol. The Labute approximate surface area is 175 Å². The molecule has 3 aromatic carbocycles. The van der Waals surface area contributed by atoms with E-state index in [1.807, 2.05) is 42.5 Å². The highest BCUT2D eigenvalue weighted by atomic mass is 16.5. The summed E-state index contributed by atoms with van der Waals surface area (Å²) in [5.74, 6) is 0.615. The first-order valence-electron chi connectivity index (χ1n) is 9.99. The number of esters is 1. The third-order valence-corrected chi connectivity index (χ3v) is 5.08. The van der Waals surface area contributed by atoms with E-state index in [1.165, 1.54) is 12.7 Å². The zero-order chi connectivity index (χ0) is 20.8. The first kappa shape index (κ1) is 19.9. The highest BCUT2D eigenvalue weighted by Gasteiger charge is 2.12. The van der Waals surface area contributed by atoms with Gasteiger partial charge in [0, 0.05) is 12.0 Å². The normalized spacial score (nSPS) is 11.0. The average molecular weight is 400 g/mol. The number of hydrogen-bond donors (Lipinski definition) is 1. The molecule has 1 aromatic heterocycles. The monoisotopic (exact) mass is 400 g/mol. The summed E-state index contributed by atoms with van der Waals surface area (Å²) in [7, 11) is 1.38. The van der Waals surface area contributed by atoms with Crippen molar-refractivity contribution in [2.75, 3.05) is 7.11 Å². The topological polar surface area (TPSA) is 64.2 Å². The Morgan fingerprint density at radius 2 is 1.60 bits per heavy atom. The largest absolute Gasteiger partial charge is 0.465 e. The van der Waals surface area contributed by atoms with E-state index in [1.54, 1.807) is 6.07 Å². The minimum absolute atomic E-state index is 0.326. The number of rotatable bonds is 8. The first-order valence-corrected chi connectivity index (χ1v) is 9.99. The Morgan fingerprint density at radius 3 is 2.43 bits per heavy atom. The zero-order valence-electron chi connectivity index (χ0n) is 16.9. The van der Waals surface area contributed by atoms with Crippen molar-refractivity contribution in [3.8, 4) is 0 Å². The van der Waals surface area contributed by atoms with Gasteiger partial charge in [0.1, 0.15) is 5.82 Å². The number of nitrogens with one attached hydrogen (secondary N) is 1. The van der Waals surface area contributed by atoms with E-state index >= 15 is 0 Å². The van der Waals surface area contributed by atoms with Crippen LogP contribution in [0.5, 0.6) is 0 Å². The van der Waals surface area contributed by atoms with Crippen LogP contribution in [0.1, 0.15) is 32.9 Å². The smallest absolute Gasteiger partial charge is 0.338 e. The molecule has 0 aliphatic carbocycles. The van der Waals surface area contributed by atoms with Gasteiger partial charge < -0.3 is 14.5 Å². The van der Waals surface area contributed by atoms with Gasteiger partial charge in [-0.15, -0.1) is 0 Å². The van der Waals surface area contributed by atoms with Crippen LogP contribution in [0.15, 0.2) is 72.8 Å². The molecule has 0 unspecified atom stereocenters. The SMILES string of the molecule is COC(=O)c1ccccc1COCc1cccc2[nH]c(CCc3ccccc3)nc12. The molecular formula is C25H24N2O3. The molecule has 30 heavy (non-hydrogen) atoms. The van der Waals surface area contributed by atoms with Gasteiger partial charge in [0.15, 0.2) is 0 Å². The quantitative estimate of drug-likeness (QED) is 0.429. The van der Waals surface area contributed by atoms with Crippen LogP contribution >= 0.6 is 0 Å². The highest BCUT2D eigenvalue weighted by molar-refractivity contribution is 5.90. The van der Waals surface area contributed by atoms with E-state index < -0.39 is 0 Å². The van der Waals surface area contributed by atoms with Crippen LogP contribution in [0.3, 0.4) is 0 Å². The molecule has 0 saturated heterocycles. The second-order valence-electron chi connectivity index (χ2n) is 7.12. The maximum Gasteiger partial charge on any atom is 0.338 e. The fourth-order valence-electron chi connectivity index (χ4n) is 3.51. The molecule has 0 spiro atoms. The molecule has 4 aromatic rings. The molecule has 4 rings (SSSR count). The van der Waals surface area contributed by atoms with Gasteiger partial charge >= 0.3 is 5.97 Å². The van der Waals surface area contributed by atoms with Crippen molar-refractivity contribution >= 4 is 17.0 Å². The first-order chi connectivity index (χ1) is 14.7. The molecule has 0 atom stereocenters. The van der Waals surface area contributed by atoms with Gasteiger partial charge in [-0.1, -0.05) is 60.7 Å². The van der Waals surface area contributed by atoms with Crippen LogP contribution < -0.4 is 0 Å². The van der Waals surface area contributed by atoms with Crippen LogP contribution in [-0.4, -0.2) is 23.0 Å². The van der Waals surface area contributed by atoms with E-state index in [0.717, 1.165) is 40.8 Å². The standard InChI is InChI=1S/C25H24N2O3/c1-29-25(28)21-12-6-5-10-19(21)16-30-17-20-11-7-13-22-24(20)27-23(26-22)15-14-18-8-3-2-4-9-18/h2-13H,14-17H2,1H3,(H,26,27). The number of aryl methyl sites for hydroxylation is 2. The van der Waals surface area contributed by atoms with Crippen molar-refractivity contribution in [2.45, 2.75) is 26.1 Å². The van der Waals surface area contributed by atoms with Crippen molar-refractivity contribution in [3.63, 3.8) is 0 Å². The molecule has 1 heterocycles. The minimum atomic E-state index is -0.355. The third kappa shape index (κ3) is 4.58. The summed E-state index contributed by atoms with van der Waals surface area (Å²) in [5.41, 5.74) is 5.59. The maximum absolute atomic E-state index is 11.9. The predicted octanol–water partition coefficient (Wildman–Crippen LogP) is 4.85. The number of imidazole rings is 1. The summed E-state index contributed by atoms with van der Waals surface area (Å²) in [6.45, 7) is 0.739. The van der Waals surface area contributed by atoms with Crippen molar-refractivity contribution in [1.29, 1.82) is 0 Å². The number of methoxy groups -OCH3 is 1. The molecule has 152 valence electrons. The van der Waals surface area contributed by atoms with Gasteiger partial charge in [0.2, 0.25) is 0 Å². The van der Waals surface area contributed by atoms with Gasteiger partial charge in [-0.2, -0.15) is 0 Å². The molecule has 0 radical (unpaired) electrons. The van der Waals surface area contributed by atoms with Crippen LogP contribution in [0, 0.1) is 0 Å².